The molecule has 1 N–H and O–H groups in total. The Morgan fingerprint density at radius 3 is 2.92 bits per heavy atom. The van der Waals surface area contributed by atoms with Gasteiger partial charge in [0, 0.05) is 0 Å². The van der Waals surface area contributed by atoms with Crippen LogP contribution in [0.2, 0.25) is 0 Å². The van der Waals surface area contributed by atoms with Crippen LogP contribution >= 0.6 is 12.2 Å². The number of ether oxygens (including phenoxy) is 1. The predicted molar refractivity (Wildman–Crippen MR) is 44.5 cm³/mol. The highest BCUT2D eigenvalue weighted by atomic mass is 32.1. The molecule has 2 amide bonds. The normalized spacial score (nSPS) is 16.2. The van der Waals surface area contributed by atoms with Crippen molar-refractivity contribution in [1.82, 2.24) is 10.2 Å². The molecule has 0 atom stereocenters. The molecule has 1 rings (SSSR count). The van der Waals surface area contributed by atoms with Gasteiger partial charge in [-0.3, -0.25) is 4.79 Å². The molecule has 0 aromatic rings. The fraction of sp³-hybridized carbons (Fsp3) is 0.500. The Labute approximate surface area is 74.7 Å². The zero-order chi connectivity index (χ0) is 9.14. The maximum absolute atomic E-state index is 11.0. The summed E-state index contributed by atoms with van der Waals surface area (Å²) in [7, 11) is 0. The molecule has 66 valence electrons. The second kappa shape index (κ2) is 3.48. The van der Waals surface area contributed by atoms with Gasteiger partial charge in [-0.2, -0.15) is 0 Å². The van der Waals surface area contributed by atoms with Crippen LogP contribution < -0.4 is 5.32 Å². The third-order valence-electron chi connectivity index (χ3n) is 1.28. The summed E-state index contributed by atoms with van der Waals surface area (Å²) in [6.07, 6.45) is -0.583. The number of amides is 2. The minimum Gasteiger partial charge on any atom is -0.449 e. The molecule has 1 aliphatic rings. The van der Waals surface area contributed by atoms with Crippen molar-refractivity contribution in [3.63, 3.8) is 0 Å². The topological polar surface area (TPSA) is 58.6 Å². The van der Waals surface area contributed by atoms with Crippen LogP contribution in [0.1, 0.15) is 6.92 Å². The van der Waals surface area contributed by atoms with Gasteiger partial charge >= 0.3 is 6.09 Å². The van der Waals surface area contributed by atoms with Crippen LogP contribution in [0, 0.1) is 0 Å². The molecule has 0 spiro atoms. The number of nitrogens with one attached hydrogen (secondary N) is 1. The Morgan fingerprint density at radius 1 is 1.83 bits per heavy atom. The highest BCUT2D eigenvalue weighted by Crippen LogP contribution is 2.01. The molecule has 0 aromatic heterocycles. The summed E-state index contributed by atoms with van der Waals surface area (Å²) >= 11 is 4.70. The second-order valence-corrected chi connectivity index (χ2v) is 2.53. The lowest BCUT2D eigenvalue weighted by molar-refractivity contribution is -0.118. The van der Waals surface area contributed by atoms with Crippen LogP contribution in [0.3, 0.4) is 0 Å². The molecular formula is C6H8N2O3S. The van der Waals surface area contributed by atoms with Gasteiger partial charge in [0.05, 0.1) is 6.61 Å². The van der Waals surface area contributed by atoms with Gasteiger partial charge in [0.2, 0.25) is 5.91 Å². The van der Waals surface area contributed by atoms with E-state index in [4.69, 9.17) is 12.2 Å². The number of hydrogen-bond donors (Lipinski definition) is 1. The Morgan fingerprint density at radius 2 is 2.50 bits per heavy atom. The fourth-order valence-corrected chi connectivity index (χ4v) is 1.04. The number of carbonyl (C=O) groups excluding carboxylic acids is 2. The molecule has 6 heteroatoms. The summed E-state index contributed by atoms with van der Waals surface area (Å²) in [6, 6.07) is 0. The molecular weight excluding hydrogens is 180 g/mol. The molecule has 0 bridgehead atoms. The first-order chi connectivity index (χ1) is 5.65. The third kappa shape index (κ3) is 1.70. The minimum atomic E-state index is -0.583. The highest BCUT2D eigenvalue weighted by molar-refractivity contribution is 7.80. The van der Waals surface area contributed by atoms with Gasteiger partial charge < -0.3 is 10.1 Å². The summed E-state index contributed by atoms with van der Waals surface area (Å²) in [5.74, 6) is -0.284. The Balaban J connectivity index is 2.58. The van der Waals surface area contributed by atoms with E-state index in [1.165, 1.54) is 0 Å². The largest absolute Gasteiger partial charge is 0.449 e. The highest BCUT2D eigenvalue weighted by Gasteiger charge is 2.29. The molecule has 1 aliphatic heterocycles. The first-order valence-electron chi connectivity index (χ1n) is 3.43. The van der Waals surface area contributed by atoms with E-state index in [2.05, 4.69) is 10.1 Å². The average Bonchev–Trinajstić information content (AvgIpc) is 2.30. The van der Waals surface area contributed by atoms with Crippen molar-refractivity contribution in [1.29, 1.82) is 0 Å². The van der Waals surface area contributed by atoms with E-state index in [-0.39, 0.29) is 24.2 Å². The standard InChI is InChI=1S/C6H8N2O3S/c1-2-11-6(10)8-3-4(9)7-5(8)12/h2-3H2,1H3,(H,7,9,12). The van der Waals surface area contributed by atoms with Gasteiger partial charge in [-0.05, 0) is 19.1 Å². The van der Waals surface area contributed by atoms with Gasteiger partial charge in [-0.15, -0.1) is 0 Å². The lowest BCUT2D eigenvalue weighted by Gasteiger charge is -2.11. The quantitative estimate of drug-likeness (QED) is 0.582. The zero-order valence-corrected chi connectivity index (χ0v) is 7.31. The Kier molecular flexibility index (Phi) is 2.59. The summed E-state index contributed by atoms with van der Waals surface area (Å²) in [5, 5.41) is 2.43. The summed E-state index contributed by atoms with van der Waals surface area (Å²) in [4.78, 5) is 22.8. The number of thiocarbonyl (C=S) groups is 1. The SMILES string of the molecule is CCOC(=O)N1CC(=O)NC1=S. The maximum Gasteiger partial charge on any atom is 0.416 e. The van der Waals surface area contributed by atoms with Gasteiger partial charge in [-0.25, -0.2) is 9.69 Å². The smallest absolute Gasteiger partial charge is 0.416 e. The molecule has 0 aromatic carbocycles. The van der Waals surface area contributed by atoms with Crippen LogP contribution in [-0.4, -0.2) is 35.2 Å². The van der Waals surface area contributed by atoms with Gasteiger partial charge in [0.15, 0.2) is 5.11 Å². The number of carbonyl (C=O) groups is 2. The van der Waals surface area contributed by atoms with Crippen LogP contribution in [0.5, 0.6) is 0 Å². The van der Waals surface area contributed by atoms with E-state index in [1.54, 1.807) is 6.92 Å². The first kappa shape index (κ1) is 8.92. The van der Waals surface area contributed by atoms with E-state index in [9.17, 15) is 9.59 Å². The number of rotatable bonds is 1. The van der Waals surface area contributed by atoms with Crippen molar-refractivity contribution >= 4 is 29.3 Å². The third-order valence-corrected chi connectivity index (χ3v) is 1.60. The van der Waals surface area contributed by atoms with E-state index < -0.39 is 6.09 Å². The molecule has 5 nitrogen and oxygen atoms in total. The molecule has 0 radical (unpaired) electrons. The van der Waals surface area contributed by atoms with E-state index in [1.807, 2.05) is 0 Å². The summed E-state index contributed by atoms with van der Waals surface area (Å²) in [5.41, 5.74) is 0. The van der Waals surface area contributed by atoms with Crippen molar-refractivity contribution < 1.29 is 14.3 Å². The van der Waals surface area contributed by atoms with Crippen LogP contribution in [0.15, 0.2) is 0 Å². The first-order valence-corrected chi connectivity index (χ1v) is 3.84. The van der Waals surface area contributed by atoms with Gasteiger partial charge in [-0.1, -0.05) is 0 Å². The predicted octanol–water partition coefficient (Wildman–Crippen LogP) is -0.140. The monoisotopic (exact) mass is 188 g/mol. The van der Waals surface area contributed by atoms with Gasteiger partial charge in [0.1, 0.15) is 6.54 Å². The summed E-state index contributed by atoms with van der Waals surface area (Å²) < 4.78 is 4.65. The lowest BCUT2D eigenvalue weighted by Crippen LogP contribution is -2.34. The van der Waals surface area contributed by atoms with Crippen molar-refractivity contribution in [2.45, 2.75) is 6.92 Å². The van der Waals surface area contributed by atoms with Crippen LogP contribution in [0.25, 0.3) is 0 Å². The zero-order valence-electron chi connectivity index (χ0n) is 6.49. The van der Waals surface area contributed by atoms with Crippen molar-refractivity contribution in [3.8, 4) is 0 Å². The van der Waals surface area contributed by atoms with Crippen molar-refractivity contribution in [3.05, 3.63) is 0 Å². The van der Waals surface area contributed by atoms with Crippen LogP contribution in [0.4, 0.5) is 4.79 Å². The number of hydrogen-bond acceptors (Lipinski definition) is 4. The Bertz CT molecular complexity index is 241. The maximum atomic E-state index is 11.0. The molecule has 0 aliphatic carbocycles. The average molecular weight is 188 g/mol. The van der Waals surface area contributed by atoms with Crippen molar-refractivity contribution in [2.75, 3.05) is 13.2 Å². The molecule has 12 heavy (non-hydrogen) atoms. The molecule has 1 fully saturated rings. The van der Waals surface area contributed by atoms with E-state index in [0.717, 1.165) is 4.90 Å². The van der Waals surface area contributed by atoms with Crippen molar-refractivity contribution in [2.24, 2.45) is 0 Å². The molecule has 0 saturated carbocycles. The van der Waals surface area contributed by atoms with E-state index >= 15 is 0 Å². The molecule has 1 saturated heterocycles. The van der Waals surface area contributed by atoms with Gasteiger partial charge in [0.25, 0.3) is 0 Å². The van der Waals surface area contributed by atoms with Crippen LogP contribution in [-0.2, 0) is 9.53 Å². The second-order valence-electron chi connectivity index (χ2n) is 2.14. The minimum absolute atomic E-state index is 0.0440. The Hall–Kier alpha value is -1.17. The summed E-state index contributed by atoms with van der Waals surface area (Å²) in [6.45, 7) is 1.91. The van der Waals surface area contributed by atoms with E-state index in [0.29, 0.717) is 0 Å². The number of nitrogens with zero attached hydrogens (tertiary/aromatic N) is 1. The fourth-order valence-electron chi connectivity index (χ4n) is 0.791. The molecule has 1 heterocycles. The lowest BCUT2D eigenvalue weighted by atomic mass is 10.6. The molecule has 0 unspecified atom stereocenters.